The van der Waals surface area contributed by atoms with E-state index < -0.39 is 5.41 Å². The summed E-state index contributed by atoms with van der Waals surface area (Å²) in [5.41, 5.74) is 6.82. The van der Waals surface area contributed by atoms with Crippen LogP contribution in [-0.4, -0.2) is 39.5 Å². The van der Waals surface area contributed by atoms with Crippen LogP contribution in [0, 0.1) is 0 Å². The fraction of sp³-hybridized carbons (Fsp3) is 0.237. The number of ether oxygens (including phenoxy) is 4. The maximum atomic E-state index is 11.0. The van der Waals surface area contributed by atoms with Crippen molar-refractivity contribution in [2.45, 2.75) is 25.2 Å². The van der Waals surface area contributed by atoms with Gasteiger partial charge in [-0.3, -0.25) is 4.79 Å². The highest BCUT2D eigenvalue weighted by molar-refractivity contribution is 5.95. The second kappa shape index (κ2) is 12.7. The van der Waals surface area contributed by atoms with Gasteiger partial charge in [0.2, 0.25) is 0 Å². The maximum Gasteiger partial charge on any atom is 0.302 e. The maximum absolute atomic E-state index is 11.0. The van der Waals surface area contributed by atoms with Gasteiger partial charge in [0.25, 0.3) is 0 Å². The molecule has 43 heavy (non-hydrogen) atoms. The minimum absolute atomic E-state index is 0.273. The molecule has 5 aromatic carbocycles. The number of rotatable bonds is 12. The van der Waals surface area contributed by atoms with Crippen LogP contribution in [0.25, 0.3) is 21.9 Å². The average molecular weight is 573 g/mol. The fourth-order valence-corrected chi connectivity index (χ4v) is 6.21. The molecule has 1 atom stereocenters. The molecular formula is C38H36O5. The first kappa shape index (κ1) is 28.5. The van der Waals surface area contributed by atoms with Crippen molar-refractivity contribution in [3.63, 3.8) is 0 Å². The SMILES string of the molecule is COCCCOc1ccc(C2(c3ccc(OCCCOC(C)=O)cc3)c3ccccc3-c3cc4ccccc4cc32)cc1. The van der Waals surface area contributed by atoms with Gasteiger partial charge < -0.3 is 18.9 Å². The Hall–Kier alpha value is -4.61. The third kappa shape index (κ3) is 5.61. The van der Waals surface area contributed by atoms with Crippen LogP contribution in [-0.2, 0) is 19.7 Å². The van der Waals surface area contributed by atoms with Gasteiger partial charge in [-0.1, -0.05) is 72.8 Å². The summed E-state index contributed by atoms with van der Waals surface area (Å²) in [6.07, 6.45) is 1.48. The third-order valence-corrected chi connectivity index (χ3v) is 8.11. The molecule has 0 spiro atoms. The fourth-order valence-electron chi connectivity index (χ4n) is 6.21. The lowest BCUT2D eigenvalue weighted by Crippen LogP contribution is -2.28. The van der Waals surface area contributed by atoms with Gasteiger partial charge in [0, 0.05) is 33.5 Å². The molecule has 218 valence electrons. The van der Waals surface area contributed by atoms with E-state index in [0.29, 0.717) is 32.8 Å². The summed E-state index contributed by atoms with van der Waals surface area (Å²) in [4.78, 5) is 11.0. The number of hydrogen-bond acceptors (Lipinski definition) is 5. The van der Waals surface area contributed by atoms with E-state index in [4.69, 9.17) is 18.9 Å². The largest absolute Gasteiger partial charge is 0.494 e. The van der Waals surface area contributed by atoms with Crippen LogP contribution in [0.3, 0.4) is 0 Å². The van der Waals surface area contributed by atoms with E-state index in [0.717, 1.165) is 23.5 Å². The molecule has 5 nitrogen and oxygen atoms in total. The van der Waals surface area contributed by atoms with Gasteiger partial charge in [-0.05, 0) is 80.6 Å². The van der Waals surface area contributed by atoms with Crippen molar-refractivity contribution in [1.82, 2.24) is 0 Å². The van der Waals surface area contributed by atoms with Crippen LogP contribution in [0.5, 0.6) is 11.5 Å². The predicted molar refractivity (Wildman–Crippen MR) is 170 cm³/mol. The van der Waals surface area contributed by atoms with Gasteiger partial charge in [0.15, 0.2) is 0 Å². The van der Waals surface area contributed by atoms with Crippen LogP contribution in [0.4, 0.5) is 0 Å². The lowest BCUT2D eigenvalue weighted by Gasteiger charge is -2.34. The first-order valence-corrected chi connectivity index (χ1v) is 14.8. The zero-order valence-electron chi connectivity index (χ0n) is 24.7. The van der Waals surface area contributed by atoms with Gasteiger partial charge in [-0.15, -0.1) is 0 Å². The van der Waals surface area contributed by atoms with E-state index in [9.17, 15) is 4.79 Å². The molecule has 0 aliphatic heterocycles. The summed E-state index contributed by atoms with van der Waals surface area (Å²) in [5.74, 6) is 1.36. The molecule has 0 saturated carbocycles. The Bertz CT molecular complexity index is 1710. The molecule has 0 amide bonds. The van der Waals surface area contributed by atoms with Crippen molar-refractivity contribution in [3.05, 3.63) is 131 Å². The quantitative estimate of drug-likeness (QED) is 0.110. The Balaban J connectivity index is 1.43. The normalized spacial score (nSPS) is 15.1. The number of hydrogen-bond donors (Lipinski definition) is 0. The molecule has 0 fully saturated rings. The van der Waals surface area contributed by atoms with E-state index >= 15 is 0 Å². The molecule has 0 saturated heterocycles. The molecule has 0 bridgehead atoms. The van der Waals surface area contributed by atoms with Gasteiger partial charge in [-0.25, -0.2) is 0 Å². The van der Waals surface area contributed by atoms with Crippen LogP contribution in [0.1, 0.15) is 42.0 Å². The first-order chi connectivity index (χ1) is 21.1. The number of carbonyl (C=O) groups is 1. The summed E-state index contributed by atoms with van der Waals surface area (Å²) < 4.78 is 22.2. The minimum Gasteiger partial charge on any atom is -0.494 e. The van der Waals surface area contributed by atoms with E-state index in [-0.39, 0.29) is 5.97 Å². The molecule has 1 aliphatic rings. The highest BCUT2D eigenvalue weighted by Gasteiger charge is 2.46. The third-order valence-electron chi connectivity index (χ3n) is 8.11. The Morgan fingerprint density at radius 3 is 1.77 bits per heavy atom. The molecule has 5 aromatic rings. The predicted octanol–water partition coefficient (Wildman–Crippen LogP) is 7.95. The number of methoxy groups -OCH3 is 1. The summed E-state index contributed by atoms with van der Waals surface area (Å²) in [5, 5.41) is 2.44. The monoisotopic (exact) mass is 572 g/mol. The van der Waals surface area contributed by atoms with E-state index in [1.54, 1.807) is 7.11 Å². The summed E-state index contributed by atoms with van der Waals surface area (Å²) >= 11 is 0. The van der Waals surface area contributed by atoms with Crippen LogP contribution < -0.4 is 9.47 Å². The zero-order valence-corrected chi connectivity index (χ0v) is 24.7. The Morgan fingerprint density at radius 2 is 1.16 bits per heavy atom. The average Bonchev–Trinajstić information content (AvgIpc) is 3.32. The Kier molecular flexibility index (Phi) is 8.43. The van der Waals surface area contributed by atoms with E-state index in [2.05, 4.69) is 97.1 Å². The lowest BCUT2D eigenvalue weighted by atomic mass is 9.67. The molecule has 6 rings (SSSR count). The molecule has 0 heterocycles. The standard InChI is InChI=1S/C38H36O5/c1-27(39)41-22-8-24-43-33-19-15-31(16-20-33)38(30-13-17-32(18-14-30)42-23-7-21-40-2)36-12-6-5-11-34(36)35-25-28-9-3-4-10-29(28)26-37(35)38/h3-6,9-20,25-26H,7-8,21-24H2,1-2H3. The first-order valence-electron chi connectivity index (χ1n) is 14.8. The highest BCUT2D eigenvalue weighted by Crippen LogP contribution is 2.57. The van der Waals surface area contributed by atoms with Gasteiger partial charge >= 0.3 is 5.97 Å². The van der Waals surface area contributed by atoms with Crippen LogP contribution in [0.15, 0.2) is 109 Å². The zero-order chi connectivity index (χ0) is 29.6. The second-order valence-electron chi connectivity index (χ2n) is 10.8. The lowest BCUT2D eigenvalue weighted by molar-refractivity contribution is -0.141. The van der Waals surface area contributed by atoms with E-state index in [1.807, 2.05) is 12.1 Å². The molecular weight excluding hydrogens is 536 g/mol. The minimum atomic E-state index is -0.529. The molecule has 1 unspecified atom stereocenters. The second-order valence-corrected chi connectivity index (χ2v) is 10.8. The van der Waals surface area contributed by atoms with Crippen molar-refractivity contribution in [1.29, 1.82) is 0 Å². The van der Waals surface area contributed by atoms with Crippen LogP contribution >= 0.6 is 0 Å². The summed E-state index contributed by atoms with van der Waals surface area (Å²) in [6.45, 7) is 3.53. The van der Waals surface area contributed by atoms with Crippen molar-refractivity contribution < 1.29 is 23.7 Å². The molecule has 0 aromatic heterocycles. The van der Waals surface area contributed by atoms with E-state index in [1.165, 1.54) is 45.5 Å². The van der Waals surface area contributed by atoms with Crippen molar-refractivity contribution in [3.8, 4) is 22.6 Å². The van der Waals surface area contributed by atoms with Gasteiger partial charge in [0.05, 0.1) is 25.2 Å². The summed E-state index contributed by atoms with van der Waals surface area (Å²) in [7, 11) is 1.71. The molecule has 0 radical (unpaired) electrons. The topological polar surface area (TPSA) is 54.0 Å². The Morgan fingerprint density at radius 1 is 0.605 bits per heavy atom. The smallest absolute Gasteiger partial charge is 0.302 e. The highest BCUT2D eigenvalue weighted by atomic mass is 16.5. The van der Waals surface area contributed by atoms with Gasteiger partial charge in [0.1, 0.15) is 11.5 Å². The van der Waals surface area contributed by atoms with Crippen LogP contribution in [0.2, 0.25) is 0 Å². The molecule has 1 aliphatic carbocycles. The number of benzene rings is 5. The Labute approximate surface area is 253 Å². The number of esters is 1. The number of fused-ring (bicyclic) bond motifs is 4. The summed E-state index contributed by atoms with van der Waals surface area (Å²) in [6, 6.07) is 39.0. The number of carbonyl (C=O) groups excluding carboxylic acids is 1. The van der Waals surface area contributed by atoms with Gasteiger partial charge in [-0.2, -0.15) is 0 Å². The van der Waals surface area contributed by atoms with Crippen molar-refractivity contribution >= 4 is 16.7 Å². The molecule has 0 N–H and O–H groups in total. The molecule has 5 heteroatoms. The van der Waals surface area contributed by atoms with Crippen molar-refractivity contribution in [2.24, 2.45) is 0 Å². The van der Waals surface area contributed by atoms with Crippen molar-refractivity contribution in [2.75, 3.05) is 33.5 Å².